The Labute approximate surface area is 137 Å². The zero-order valence-electron chi connectivity index (χ0n) is 12.7. The number of nitrogens with one attached hydrogen (secondary N) is 2. The lowest BCUT2D eigenvalue weighted by Crippen LogP contribution is -2.67. The first kappa shape index (κ1) is 13.3. The van der Waals surface area contributed by atoms with E-state index in [2.05, 4.69) is 26.6 Å². The molecule has 3 aliphatic rings. The highest BCUT2D eigenvalue weighted by Crippen LogP contribution is 2.36. The van der Waals surface area contributed by atoms with Gasteiger partial charge in [0.05, 0.1) is 5.56 Å². The molecule has 3 aliphatic heterocycles. The van der Waals surface area contributed by atoms with Crippen LogP contribution in [0.25, 0.3) is 21.7 Å². The van der Waals surface area contributed by atoms with Crippen LogP contribution >= 0.6 is 11.3 Å². The molecular weight excluding hydrogens is 310 g/mol. The number of oxazole rings is 1. The topological polar surface area (TPSA) is 66.2 Å². The number of fused-ring (bicyclic) bond motifs is 3. The Bertz CT molecular complexity index is 843. The molecule has 0 amide bonds. The van der Waals surface area contributed by atoms with Gasteiger partial charge in [0.1, 0.15) is 10.5 Å². The molecule has 0 spiro atoms. The van der Waals surface area contributed by atoms with E-state index in [0.717, 1.165) is 46.5 Å². The van der Waals surface area contributed by atoms with Crippen molar-refractivity contribution in [2.24, 2.45) is 0 Å². The second kappa shape index (κ2) is 4.94. The smallest absolute Gasteiger partial charge is 0.298 e. The summed E-state index contributed by atoms with van der Waals surface area (Å²) in [6, 6.07) is 5.99. The van der Waals surface area contributed by atoms with Crippen molar-refractivity contribution >= 4 is 34.1 Å². The third kappa shape index (κ3) is 2.11. The third-order valence-corrected chi connectivity index (χ3v) is 5.43. The summed E-state index contributed by atoms with van der Waals surface area (Å²) in [5.74, 6) is 0. The molecule has 5 heterocycles. The lowest BCUT2D eigenvalue weighted by Gasteiger charge is -2.47. The van der Waals surface area contributed by atoms with Crippen molar-refractivity contribution in [3.8, 4) is 10.6 Å². The van der Waals surface area contributed by atoms with Crippen LogP contribution in [0.5, 0.6) is 0 Å². The number of benzene rings is 1. The van der Waals surface area contributed by atoms with Gasteiger partial charge in [-0.2, -0.15) is 4.98 Å². The molecule has 0 radical (unpaired) electrons. The first-order chi connectivity index (χ1) is 11.3. The number of nitrogens with zero attached hydrogens (tertiary/aromatic N) is 3. The fraction of sp³-hybridized carbons (Fsp3) is 0.375. The lowest BCUT2D eigenvalue weighted by molar-refractivity contribution is 0.220. The van der Waals surface area contributed by atoms with Gasteiger partial charge in [0, 0.05) is 49.5 Å². The fourth-order valence-corrected chi connectivity index (χ4v) is 4.14. The van der Waals surface area contributed by atoms with Gasteiger partial charge < -0.3 is 20.0 Å². The normalized spacial score (nSPS) is 23.1. The number of hydrogen-bond acceptors (Lipinski definition) is 7. The molecule has 6 nitrogen and oxygen atoms in total. The van der Waals surface area contributed by atoms with Crippen molar-refractivity contribution in [1.29, 1.82) is 0 Å². The molecule has 2 unspecified atom stereocenters. The molecule has 2 aromatic heterocycles. The quantitative estimate of drug-likeness (QED) is 0.771. The van der Waals surface area contributed by atoms with Crippen LogP contribution in [0, 0.1) is 0 Å². The van der Waals surface area contributed by atoms with E-state index in [0.29, 0.717) is 12.1 Å². The molecule has 23 heavy (non-hydrogen) atoms. The van der Waals surface area contributed by atoms with Crippen LogP contribution < -0.4 is 15.5 Å². The number of anilines is 2. The lowest BCUT2D eigenvalue weighted by atomic mass is 9.92. The van der Waals surface area contributed by atoms with Crippen molar-refractivity contribution in [1.82, 2.24) is 15.3 Å². The van der Waals surface area contributed by atoms with Crippen LogP contribution in [0.2, 0.25) is 0 Å². The highest BCUT2D eigenvalue weighted by molar-refractivity contribution is 7.13. The molecule has 2 N–H and O–H groups in total. The molecule has 3 saturated heterocycles. The van der Waals surface area contributed by atoms with Crippen LogP contribution in [0.15, 0.2) is 28.1 Å². The molecule has 6 rings (SSSR count). The Morgan fingerprint density at radius 3 is 2.87 bits per heavy atom. The molecule has 3 aromatic rings. The van der Waals surface area contributed by atoms with E-state index < -0.39 is 0 Å². The zero-order valence-corrected chi connectivity index (χ0v) is 13.6. The number of piperidine rings is 1. The Morgan fingerprint density at radius 1 is 1.35 bits per heavy atom. The zero-order chi connectivity index (χ0) is 15.4. The minimum atomic E-state index is 0.579. The largest absolute Gasteiger partial charge is 0.423 e. The Morgan fingerprint density at radius 2 is 2.17 bits per heavy atom. The van der Waals surface area contributed by atoms with Gasteiger partial charge in [0.25, 0.3) is 6.01 Å². The van der Waals surface area contributed by atoms with Gasteiger partial charge in [-0.15, -0.1) is 11.3 Å². The third-order valence-electron chi connectivity index (χ3n) is 4.62. The molecule has 118 valence electrons. The summed E-state index contributed by atoms with van der Waals surface area (Å²) < 4.78 is 6.16. The van der Waals surface area contributed by atoms with E-state index in [4.69, 9.17) is 9.40 Å². The van der Waals surface area contributed by atoms with E-state index in [1.54, 1.807) is 11.3 Å². The van der Waals surface area contributed by atoms with Crippen LogP contribution in [-0.2, 0) is 0 Å². The maximum Gasteiger partial charge on any atom is 0.298 e. The van der Waals surface area contributed by atoms with Crippen molar-refractivity contribution in [2.75, 3.05) is 30.4 Å². The highest BCUT2D eigenvalue weighted by atomic mass is 32.1. The maximum absolute atomic E-state index is 6.16. The summed E-state index contributed by atoms with van der Waals surface area (Å²) in [7, 11) is 1.91. The number of hydrogen-bond donors (Lipinski definition) is 2. The fourth-order valence-electron chi connectivity index (χ4n) is 3.49. The summed E-state index contributed by atoms with van der Waals surface area (Å²) in [4.78, 5) is 11.4. The number of aromatic nitrogens is 2. The van der Waals surface area contributed by atoms with Crippen molar-refractivity contribution in [2.45, 2.75) is 18.5 Å². The summed E-state index contributed by atoms with van der Waals surface area (Å²) in [6.45, 7) is 1.93. The van der Waals surface area contributed by atoms with Gasteiger partial charge in [-0.1, -0.05) is 0 Å². The Balaban J connectivity index is 1.62. The SMILES string of the molecule is CNc1cc(-c2nccs2)c2oc(N3CC4CC(C3)N4)nc2c1. The first-order valence-corrected chi connectivity index (χ1v) is 8.71. The van der Waals surface area contributed by atoms with Gasteiger partial charge in [0.15, 0.2) is 5.58 Å². The van der Waals surface area contributed by atoms with E-state index >= 15 is 0 Å². The Kier molecular flexibility index (Phi) is 2.86. The van der Waals surface area contributed by atoms with Crippen LogP contribution in [0.1, 0.15) is 6.42 Å². The summed E-state index contributed by atoms with van der Waals surface area (Å²) in [5, 5.41) is 9.67. The molecule has 0 aliphatic carbocycles. The molecular formula is C16H17N5OS. The highest BCUT2D eigenvalue weighted by Gasteiger charge is 2.38. The molecule has 2 atom stereocenters. The first-order valence-electron chi connectivity index (χ1n) is 7.83. The predicted octanol–water partition coefficient (Wildman–Crippen LogP) is 2.54. The standard InChI is InChI=1S/C16H17N5OS/c1-17-9-5-12(15-18-2-3-23-15)14-13(6-9)20-16(22-14)21-7-10-4-11(8-21)19-10/h2-3,5-6,10-11,17,19H,4,7-8H2,1H3. The van der Waals surface area contributed by atoms with Gasteiger partial charge >= 0.3 is 0 Å². The minimum Gasteiger partial charge on any atom is -0.423 e. The minimum absolute atomic E-state index is 0.579. The second-order valence-corrected chi connectivity index (χ2v) is 7.05. The molecule has 3 fully saturated rings. The van der Waals surface area contributed by atoms with Crippen LogP contribution in [0.3, 0.4) is 0 Å². The van der Waals surface area contributed by atoms with Gasteiger partial charge in [-0.25, -0.2) is 4.98 Å². The van der Waals surface area contributed by atoms with E-state index in [9.17, 15) is 0 Å². The van der Waals surface area contributed by atoms with Gasteiger partial charge in [0.2, 0.25) is 0 Å². The van der Waals surface area contributed by atoms with E-state index in [1.807, 2.05) is 24.7 Å². The monoisotopic (exact) mass is 327 g/mol. The van der Waals surface area contributed by atoms with Crippen LogP contribution in [-0.4, -0.2) is 42.2 Å². The van der Waals surface area contributed by atoms with Gasteiger partial charge in [-0.05, 0) is 18.6 Å². The van der Waals surface area contributed by atoms with Gasteiger partial charge in [-0.3, -0.25) is 0 Å². The average molecular weight is 327 g/mol. The molecule has 2 bridgehead atoms. The number of rotatable bonds is 3. The second-order valence-electron chi connectivity index (χ2n) is 6.16. The average Bonchev–Trinajstić information content (AvgIpc) is 3.22. The molecule has 1 aromatic carbocycles. The Hall–Kier alpha value is -2.12. The van der Waals surface area contributed by atoms with Crippen LogP contribution in [0.4, 0.5) is 11.7 Å². The molecule has 7 heteroatoms. The number of piperazine rings is 1. The molecule has 0 saturated carbocycles. The van der Waals surface area contributed by atoms with E-state index in [1.165, 1.54) is 6.42 Å². The van der Waals surface area contributed by atoms with Crippen molar-refractivity contribution in [3.63, 3.8) is 0 Å². The summed E-state index contributed by atoms with van der Waals surface area (Å²) >= 11 is 1.61. The van der Waals surface area contributed by atoms with E-state index in [-0.39, 0.29) is 0 Å². The predicted molar refractivity (Wildman–Crippen MR) is 92.2 cm³/mol. The van der Waals surface area contributed by atoms with Crippen molar-refractivity contribution in [3.05, 3.63) is 23.7 Å². The maximum atomic E-state index is 6.16. The summed E-state index contributed by atoms with van der Waals surface area (Å²) in [6.07, 6.45) is 3.09. The van der Waals surface area contributed by atoms with Crippen molar-refractivity contribution < 1.29 is 4.42 Å². The number of thiazole rings is 1. The summed E-state index contributed by atoms with van der Waals surface area (Å²) in [5.41, 5.74) is 3.72.